The summed E-state index contributed by atoms with van der Waals surface area (Å²) in [6, 6.07) is 10.9. The van der Waals surface area contributed by atoms with E-state index in [9.17, 15) is 4.79 Å². The molecule has 0 radical (unpaired) electrons. The third kappa shape index (κ3) is 8.41. The molecule has 1 amide bonds. The lowest BCUT2D eigenvalue weighted by molar-refractivity contribution is -0.127. The van der Waals surface area contributed by atoms with Gasteiger partial charge in [-0.1, -0.05) is 30.3 Å². The Labute approximate surface area is 175 Å². The van der Waals surface area contributed by atoms with Crippen LogP contribution in [0.5, 0.6) is 0 Å². The van der Waals surface area contributed by atoms with E-state index < -0.39 is 0 Å². The summed E-state index contributed by atoms with van der Waals surface area (Å²) >= 11 is 0. The maximum Gasteiger partial charge on any atom is 0.243 e. The molecule has 1 aromatic carbocycles. The van der Waals surface area contributed by atoms with Gasteiger partial charge >= 0.3 is 0 Å². The van der Waals surface area contributed by atoms with E-state index in [1.165, 1.54) is 18.4 Å². The van der Waals surface area contributed by atoms with Crippen LogP contribution < -0.4 is 10.6 Å². The molecule has 0 aromatic heterocycles. The summed E-state index contributed by atoms with van der Waals surface area (Å²) in [6.45, 7) is 7.31. The first-order chi connectivity index (χ1) is 14.1. The van der Waals surface area contributed by atoms with Gasteiger partial charge in [0.25, 0.3) is 0 Å². The number of guanidine groups is 1. The number of benzene rings is 1. The fraction of sp³-hybridized carbons (Fsp3) is 0.636. The number of nitrogens with one attached hydrogen (secondary N) is 2. The lowest BCUT2D eigenvalue weighted by Gasteiger charge is -2.29. The molecule has 1 fully saturated rings. The molecule has 2 N–H and O–H groups in total. The highest BCUT2D eigenvalue weighted by Gasteiger charge is 2.23. The zero-order valence-corrected chi connectivity index (χ0v) is 18.2. The van der Waals surface area contributed by atoms with E-state index in [1.807, 2.05) is 6.92 Å². The molecule has 162 valence electrons. The Kier molecular flexibility index (Phi) is 10.5. The number of rotatable bonds is 11. The topological polar surface area (TPSA) is 69.2 Å². The fourth-order valence-electron chi connectivity index (χ4n) is 3.37. The largest absolute Gasteiger partial charge is 0.382 e. The maximum atomic E-state index is 12.0. The third-order valence-electron chi connectivity index (χ3n) is 5.06. The monoisotopic (exact) mass is 403 g/mol. The van der Waals surface area contributed by atoms with Crippen molar-refractivity contribution in [1.82, 2.24) is 20.4 Å². The minimum atomic E-state index is -0.0143. The maximum absolute atomic E-state index is 12.0. The van der Waals surface area contributed by atoms with E-state index in [1.54, 1.807) is 19.0 Å². The SMILES string of the molecule is CCOCCCNC(=NCC(=O)N(C)C)NCC(c1ccccc1)N1CCCC1. The molecule has 1 atom stereocenters. The average molecular weight is 404 g/mol. The van der Waals surface area contributed by atoms with Gasteiger partial charge in [0, 0.05) is 40.4 Å². The Morgan fingerprint density at radius 2 is 1.93 bits per heavy atom. The second-order valence-electron chi connectivity index (χ2n) is 7.48. The van der Waals surface area contributed by atoms with E-state index in [0.29, 0.717) is 18.6 Å². The minimum Gasteiger partial charge on any atom is -0.382 e. The quantitative estimate of drug-likeness (QED) is 0.335. The van der Waals surface area contributed by atoms with E-state index in [-0.39, 0.29) is 12.5 Å². The Morgan fingerprint density at radius 3 is 2.59 bits per heavy atom. The van der Waals surface area contributed by atoms with Crippen LogP contribution in [-0.2, 0) is 9.53 Å². The first kappa shape index (κ1) is 23.2. The van der Waals surface area contributed by atoms with Crippen LogP contribution >= 0.6 is 0 Å². The Bertz CT molecular complexity index is 615. The predicted octanol–water partition coefficient (Wildman–Crippen LogP) is 1.87. The first-order valence-corrected chi connectivity index (χ1v) is 10.7. The predicted molar refractivity (Wildman–Crippen MR) is 118 cm³/mol. The van der Waals surface area contributed by atoms with Crippen molar-refractivity contribution in [1.29, 1.82) is 0 Å². The number of carbonyl (C=O) groups excluding carboxylic acids is 1. The zero-order chi connectivity index (χ0) is 20.9. The number of likely N-dealkylation sites (tertiary alicyclic amines) is 1. The summed E-state index contributed by atoms with van der Waals surface area (Å²) in [5.41, 5.74) is 1.31. The number of hydrogen-bond donors (Lipinski definition) is 2. The molecule has 0 aliphatic carbocycles. The molecule has 1 aliphatic heterocycles. The van der Waals surface area contributed by atoms with Gasteiger partial charge in [0.1, 0.15) is 6.54 Å². The molecule has 1 unspecified atom stereocenters. The number of likely N-dealkylation sites (N-methyl/N-ethyl adjacent to an activating group) is 1. The van der Waals surface area contributed by atoms with E-state index in [2.05, 4.69) is 50.9 Å². The average Bonchev–Trinajstić information content (AvgIpc) is 3.26. The van der Waals surface area contributed by atoms with Crippen molar-refractivity contribution >= 4 is 11.9 Å². The van der Waals surface area contributed by atoms with Crippen LogP contribution in [0.3, 0.4) is 0 Å². The fourth-order valence-corrected chi connectivity index (χ4v) is 3.37. The molecular formula is C22H37N5O2. The number of hydrogen-bond acceptors (Lipinski definition) is 4. The van der Waals surface area contributed by atoms with Crippen LogP contribution in [0, 0.1) is 0 Å². The molecule has 29 heavy (non-hydrogen) atoms. The summed E-state index contributed by atoms with van der Waals surface area (Å²) in [6.07, 6.45) is 3.39. The van der Waals surface area contributed by atoms with Gasteiger partial charge in [-0.3, -0.25) is 9.69 Å². The molecule has 1 saturated heterocycles. The Balaban J connectivity index is 1.99. The normalized spacial score (nSPS) is 15.9. The van der Waals surface area contributed by atoms with Crippen LogP contribution in [-0.4, -0.2) is 81.7 Å². The molecule has 7 heteroatoms. The van der Waals surface area contributed by atoms with Crippen molar-refractivity contribution in [3.05, 3.63) is 35.9 Å². The Morgan fingerprint density at radius 1 is 1.21 bits per heavy atom. The van der Waals surface area contributed by atoms with E-state index >= 15 is 0 Å². The van der Waals surface area contributed by atoms with E-state index in [0.717, 1.165) is 39.2 Å². The van der Waals surface area contributed by atoms with Gasteiger partial charge in [-0.15, -0.1) is 0 Å². The minimum absolute atomic E-state index is 0.0143. The lowest BCUT2D eigenvalue weighted by atomic mass is 10.1. The highest BCUT2D eigenvalue weighted by molar-refractivity contribution is 5.84. The molecule has 7 nitrogen and oxygen atoms in total. The molecule has 1 aromatic rings. The van der Waals surface area contributed by atoms with Gasteiger partial charge in [0.05, 0.1) is 6.04 Å². The van der Waals surface area contributed by atoms with Crippen molar-refractivity contribution in [2.24, 2.45) is 4.99 Å². The second-order valence-corrected chi connectivity index (χ2v) is 7.48. The highest BCUT2D eigenvalue weighted by atomic mass is 16.5. The number of nitrogens with zero attached hydrogens (tertiary/aromatic N) is 3. The van der Waals surface area contributed by atoms with Gasteiger partial charge in [0.15, 0.2) is 5.96 Å². The number of amides is 1. The molecular weight excluding hydrogens is 366 g/mol. The number of carbonyl (C=O) groups is 1. The van der Waals surface area contributed by atoms with Crippen molar-refractivity contribution < 1.29 is 9.53 Å². The van der Waals surface area contributed by atoms with Crippen LogP contribution in [0.1, 0.15) is 37.8 Å². The number of ether oxygens (including phenoxy) is 1. The molecule has 0 saturated carbocycles. The summed E-state index contributed by atoms with van der Waals surface area (Å²) < 4.78 is 5.40. The summed E-state index contributed by atoms with van der Waals surface area (Å²) in [7, 11) is 3.50. The van der Waals surface area contributed by atoms with Crippen molar-refractivity contribution in [3.8, 4) is 0 Å². The first-order valence-electron chi connectivity index (χ1n) is 10.7. The second kappa shape index (κ2) is 13.2. The van der Waals surface area contributed by atoms with Crippen LogP contribution in [0.25, 0.3) is 0 Å². The molecule has 0 spiro atoms. The van der Waals surface area contributed by atoms with Gasteiger partial charge in [0.2, 0.25) is 5.91 Å². The standard InChI is InChI=1S/C22H37N5O2/c1-4-29-16-10-13-23-22(25-18-21(28)26(2)3)24-17-20(27-14-8-9-15-27)19-11-6-5-7-12-19/h5-7,11-12,20H,4,8-10,13-18H2,1-3H3,(H2,23,24,25). The number of aliphatic imine (C=N–C) groups is 1. The van der Waals surface area contributed by atoms with Crippen LogP contribution in [0.15, 0.2) is 35.3 Å². The van der Waals surface area contributed by atoms with Gasteiger partial charge in [-0.25, -0.2) is 4.99 Å². The molecule has 1 aliphatic rings. The molecule has 0 bridgehead atoms. The van der Waals surface area contributed by atoms with Crippen LogP contribution in [0.2, 0.25) is 0 Å². The summed E-state index contributed by atoms with van der Waals surface area (Å²) in [4.78, 5) is 20.6. The third-order valence-corrected chi connectivity index (χ3v) is 5.06. The smallest absolute Gasteiger partial charge is 0.243 e. The summed E-state index contributed by atoms with van der Waals surface area (Å²) in [5, 5.41) is 6.81. The van der Waals surface area contributed by atoms with Gasteiger partial charge < -0.3 is 20.3 Å². The van der Waals surface area contributed by atoms with Crippen molar-refractivity contribution in [2.75, 3.05) is 60.0 Å². The summed E-state index contributed by atoms with van der Waals surface area (Å²) in [5.74, 6) is 0.663. The highest BCUT2D eigenvalue weighted by Crippen LogP contribution is 2.24. The van der Waals surface area contributed by atoms with E-state index in [4.69, 9.17) is 4.74 Å². The van der Waals surface area contributed by atoms with Crippen molar-refractivity contribution in [3.63, 3.8) is 0 Å². The van der Waals surface area contributed by atoms with Crippen LogP contribution in [0.4, 0.5) is 0 Å². The van der Waals surface area contributed by atoms with Gasteiger partial charge in [-0.05, 0) is 44.8 Å². The lowest BCUT2D eigenvalue weighted by Crippen LogP contribution is -2.43. The zero-order valence-electron chi connectivity index (χ0n) is 18.2. The Hall–Kier alpha value is -2.12. The van der Waals surface area contributed by atoms with Crippen molar-refractivity contribution in [2.45, 2.75) is 32.2 Å². The molecule has 2 rings (SSSR count). The van der Waals surface area contributed by atoms with Gasteiger partial charge in [-0.2, -0.15) is 0 Å². The molecule has 1 heterocycles.